The number of alkyl halides is 3. The second-order valence-corrected chi connectivity index (χ2v) is 8.76. The van der Waals surface area contributed by atoms with Crippen LogP contribution in [-0.4, -0.2) is 47.2 Å². The van der Waals surface area contributed by atoms with Crippen LogP contribution in [0.2, 0.25) is 0 Å². The van der Waals surface area contributed by atoms with E-state index in [2.05, 4.69) is 40.4 Å². The van der Waals surface area contributed by atoms with E-state index in [0.717, 1.165) is 15.8 Å². The number of hydrogen-bond donors (Lipinski definition) is 4. The van der Waals surface area contributed by atoms with Crippen LogP contribution in [0.4, 0.5) is 19.0 Å². The van der Waals surface area contributed by atoms with E-state index in [1.165, 1.54) is 6.07 Å². The molecule has 3 rings (SSSR count). The first-order valence-electron chi connectivity index (χ1n) is 11.0. The van der Waals surface area contributed by atoms with E-state index in [9.17, 15) is 18.0 Å². The summed E-state index contributed by atoms with van der Waals surface area (Å²) >= 11 is 5.06. The van der Waals surface area contributed by atoms with Crippen LogP contribution in [0.3, 0.4) is 0 Å². The molecule has 8 nitrogen and oxygen atoms in total. The van der Waals surface area contributed by atoms with Crippen molar-refractivity contribution < 1.29 is 22.7 Å². The number of nitrogens with one attached hydrogen (secondary N) is 4. The molecule has 1 aromatic heterocycles. The molecule has 0 spiro atoms. The molecule has 0 unspecified atom stereocenters. The minimum Gasteiger partial charge on any atom is -0.385 e. The molecule has 186 valence electrons. The third-order valence-corrected chi connectivity index (χ3v) is 5.77. The van der Waals surface area contributed by atoms with E-state index < -0.39 is 24.2 Å². The summed E-state index contributed by atoms with van der Waals surface area (Å²) in [6.07, 6.45) is -4.06. The number of fused-ring (bicyclic) bond motifs is 1. The molecule has 0 radical (unpaired) electrons. The number of aromatic nitrogens is 2. The number of halogens is 3. The summed E-state index contributed by atoms with van der Waals surface area (Å²) in [5, 5.41) is 10.1. The number of amides is 1. The van der Waals surface area contributed by atoms with Crippen molar-refractivity contribution in [3.63, 3.8) is 0 Å². The first-order chi connectivity index (χ1) is 16.1. The second kappa shape index (κ2) is 11.0. The minimum atomic E-state index is -4.53. The van der Waals surface area contributed by atoms with Crippen molar-refractivity contribution in [2.45, 2.75) is 50.9 Å². The summed E-state index contributed by atoms with van der Waals surface area (Å²) in [5.41, 5.74) is 6.55. The van der Waals surface area contributed by atoms with E-state index >= 15 is 0 Å². The smallest absolute Gasteiger partial charge is 0.385 e. The Kier molecular flexibility index (Phi) is 8.37. The van der Waals surface area contributed by atoms with Gasteiger partial charge in [-0.1, -0.05) is 38.1 Å². The van der Waals surface area contributed by atoms with Crippen molar-refractivity contribution in [3.8, 4) is 0 Å². The fraction of sp³-hybridized carbons (Fsp3) is 0.500. The first kappa shape index (κ1) is 25.8. The molecule has 4 N–H and O–H groups in total. The highest BCUT2D eigenvalue weighted by atomic mass is 32.1. The normalized spacial score (nSPS) is 17.6. The Morgan fingerprint density at radius 2 is 2.00 bits per heavy atom. The highest BCUT2D eigenvalue weighted by Gasteiger charge is 2.46. The number of hydrogen-bond acceptors (Lipinski definition) is 5. The standard InChI is InChI=1S/C22H29F3N6O2S/c1-13(2)14-5-7-15(8-6-14)16-11-18(22(23,24)25)31-19(27-16)12-17(30-31)20(32)28-29-21(34)26-9-4-10-33-3/h5-8,12-13,16,18,27H,4,9-11H2,1-3H3,(H,28,32)(H2,26,29,34)/t16-,18-/m0/s1. The molecular weight excluding hydrogens is 469 g/mol. The Morgan fingerprint density at radius 3 is 2.62 bits per heavy atom. The van der Waals surface area contributed by atoms with Crippen LogP contribution >= 0.6 is 12.2 Å². The number of rotatable bonds is 7. The zero-order chi connectivity index (χ0) is 24.9. The Bertz CT molecular complexity index is 994. The molecule has 0 fully saturated rings. The number of ether oxygens (including phenoxy) is 1. The Morgan fingerprint density at radius 1 is 1.29 bits per heavy atom. The van der Waals surface area contributed by atoms with Crippen LogP contribution < -0.4 is 21.5 Å². The summed E-state index contributed by atoms with van der Waals surface area (Å²) in [4.78, 5) is 12.5. The SMILES string of the molecule is COCCCNC(=S)NNC(=O)c1cc2n(n1)[C@H](C(F)(F)F)C[C@@H](c1ccc(C(C)C)cc1)N2. The lowest BCUT2D eigenvalue weighted by Gasteiger charge is -2.33. The van der Waals surface area contributed by atoms with E-state index in [0.29, 0.717) is 25.5 Å². The molecule has 0 saturated heterocycles. The molecule has 0 aliphatic carbocycles. The van der Waals surface area contributed by atoms with Crippen LogP contribution in [0, 0.1) is 0 Å². The fourth-order valence-electron chi connectivity index (χ4n) is 3.66. The van der Waals surface area contributed by atoms with Crippen molar-refractivity contribution in [2.75, 3.05) is 25.6 Å². The van der Waals surface area contributed by atoms with Crippen molar-refractivity contribution >= 4 is 29.1 Å². The molecular formula is C22H29F3N6O2S. The van der Waals surface area contributed by atoms with Gasteiger partial charge >= 0.3 is 6.18 Å². The fourth-order valence-corrected chi connectivity index (χ4v) is 3.81. The van der Waals surface area contributed by atoms with Gasteiger partial charge in [-0.05, 0) is 35.7 Å². The number of thiocarbonyl (C=S) groups is 1. The lowest BCUT2D eigenvalue weighted by atomic mass is 9.94. The maximum atomic E-state index is 13.9. The molecule has 1 aromatic carbocycles. The predicted molar refractivity (Wildman–Crippen MR) is 127 cm³/mol. The lowest BCUT2D eigenvalue weighted by molar-refractivity contribution is -0.173. The third kappa shape index (κ3) is 6.38. The van der Waals surface area contributed by atoms with Gasteiger partial charge in [-0.25, -0.2) is 4.68 Å². The Balaban J connectivity index is 1.72. The number of anilines is 1. The van der Waals surface area contributed by atoms with Crippen LogP contribution in [0.25, 0.3) is 0 Å². The van der Waals surface area contributed by atoms with Gasteiger partial charge in [-0.2, -0.15) is 18.3 Å². The van der Waals surface area contributed by atoms with E-state index in [1.54, 1.807) is 7.11 Å². The van der Waals surface area contributed by atoms with E-state index in [1.807, 2.05) is 24.3 Å². The van der Waals surface area contributed by atoms with Gasteiger partial charge in [0.05, 0.1) is 6.04 Å². The van der Waals surface area contributed by atoms with Crippen LogP contribution in [-0.2, 0) is 4.74 Å². The topological polar surface area (TPSA) is 92.2 Å². The molecule has 1 amide bonds. The quantitative estimate of drug-likeness (QED) is 0.262. The summed E-state index contributed by atoms with van der Waals surface area (Å²) in [6, 6.07) is 6.39. The van der Waals surface area contributed by atoms with E-state index in [4.69, 9.17) is 17.0 Å². The first-order valence-corrected chi connectivity index (χ1v) is 11.4. The van der Waals surface area contributed by atoms with Gasteiger partial charge in [0.15, 0.2) is 16.8 Å². The van der Waals surface area contributed by atoms with Gasteiger partial charge in [-0.15, -0.1) is 0 Å². The average Bonchev–Trinajstić information content (AvgIpc) is 3.23. The van der Waals surface area contributed by atoms with E-state index in [-0.39, 0.29) is 23.0 Å². The second-order valence-electron chi connectivity index (χ2n) is 8.35. The monoisotopic (exact) mass is 498 g/mol. The predicted octanol–water partition coefficient (Wildman–Crippen LogP) is 3.81. The highest BCUT2D eigenvalue weighted by Crippen LogP contribution is 2.43. The number of carbonyl (C=O) groups is 1. The number of benzene rings is 1. The van der Waals surface area contributed by atoms with Gasteiger partial charge < -0.3 is 15.4 Å². The maximum Gasteiger partial charge on any atom is 0.410 e. The molecule has 1 aliphatic heterocycles. The third-order valence-electron chi connectivity index (χ3n) is 5.53. The van der Waals surface area contributed by atoms with Crippen molar-refractivity contribution in [1.82, 2.24) is 25.9 Å². The number of carbonyl (C=O) groups excluding carboxylic acids is 1. The minimum absolute atomic E-state index is 0.122. The molecule has 2 heterocycles. The molecule has 1 aliphatic rings. The molecule has 0 saturated carbocycles. The van der Waals surface area contributed by atoms with Crippen molar-refractivity contribution in [2.24, 2.45) is 0 Å². The summed E-state index contributed by atoms with van der Waals surface area (Å²) in [6.45, 7) is 5.19. The van der Waals surface area contributed by atoms with Crippen molar-refractivity contribution in [1.29, 1.82) is 0 Å². The zero-order valence-corrected chi connectivity index (χ0v) is 20.0. The van der Waals surface area contributed by atoms with Gasteiger partial charge in [0.25, 0.3) is 5.91 Å². The highest BCUT2D eigenvalue weighted by molar-refractivity contribution is 7.80. The zero-order valence-electron chi connectivity index (χ0n) is 19.2. The summed E-state index contributed by atoms with van der Waals surface area (Å²) in [5.74, 6) is -0.263. The lowest BCUT2D eigenvalue weighted by Crippen LogP contribution is -2.47. The summed E-state index contributed by atoms with van der Waals surface area (Å²) < 4.78 is 47.4. The molecule has 12 heteroatoms. The van der Waals surface area contributed by atoms with Gasteiger partial charge in [0.1, 0.15) is 5.82 Å². The molecule has 34 heavy (non-hydrogen) atoms. The largest absolute Gasteiger partial charge is 0.410 e. The van der Waals surface area contributed by atoms with Gasteiger partial charge in [-0.3, -0.25) is 15.6 Å². The van der Waals surface area contributed by atoms with Gasteiger partial charge in [0.2, 0.25) is 0 Å². The molecule has 2 atom stereocenters. The van der Waals surface area contributed by atoms with Crippen LogP contribution in [0.5, 0.6) is 0 Å². The average molecular weight is 499 g/mol. The van der Waals surface area contributed by atoms with Crippen molar-refractivity contribution in [3.05, 3.63) is 47.2 Å². The number of nitrogens with zero attached hydrogens (tertiary/aromatic N) is 2. The molecule has 2 aromatic rings. The Labute approximate surface area is 201 Å². The maximum absolute atomic E-state index is 13.9. The number of hydrazine groups is 1. The Hall–Kier alpha value is -2.86. The van der Waals surface area contributed by atoms with Crippen LogP contribution in [0.1, 0.15) is 66.3 Å². The number of methoxy groups -OCH3 is 1. The van der Waals surface area contributed by atoms with Gasteiger partial charge in [0, 0.05) is 32.7 Å². The summed E-state index contributed by atoms with van der Waals surface area (Å²) in [7, 11) is 1.59. The van der Waals surface area contributed by atoms with Crippen LogP contribution in [0.15, 0.2) is 30.3 Å². The molecule has 0 bridgehead atoms.